The summed E-state index contributed by atoms with van der Waals surface area (Å²) in [7, 11) is 0. The molecule has 0 unspecified atom stereocenters. The summed E-state index contributed by atoms with van der Waals surface area (Å²) >= 11 is 2.43. The molecule has 0 spiro atoms. The Kier molecular flexibility index (Phi) is 7.87. The van der Waals surface area contributed by atoms with Crippen LogP contribution in [0.4, 0.5) is 5.00 Å². The maximum absolute atomic E-state index is 12.7. The number of nitrogens with zero attached hydrogens (tertiary/aromatic N) is 2. The Hall–Kier alpha value is -3.48. The molecule has 0 saturated heterocycles. The molecular weight excluding hydrogens is 470 g/mol. The largest absolute Gasteiger partial charge is 0.462 e. The molecular formula is C25H25N3O4S2. The highest BCUT2D eigenvalue weighted by Crippen LogP contribution is 2.35. The third-order valence-corrected chi connectivity index (χ3v) is 6.56. The van der Waals surface area contributed by atoms with Crippen molar-refractivity contribution in [1.29, 1.82) is 5.26 Å². The van der Waals surface area contributed by atoms with Crippen molar-refractivity contribution in [3.05, 3.63) is 62.9 Å². The number of hydrogen-bond donors (Lipinski definition) is 1. The average molecular weight is 496 g/mol. The number of nitriles is 1. The van der Waals surface area contributed by atoms with E-state index in [9.17, 15) is 14.9 Å². The lowest BCUT2D eigenvalue weighted by Crippen LogP contribution is -2.23. The van der Waals surface area contributed by atoms with E-state index in [-0.39, 0.29) is 12.2 Å². The highest BCUT2D eigenvalue weighted by molar-refractivity contribution is 7.18. The van der Waals surface area contributed by atoms with E-state index in [2.05, 4.69) is 16.4 Å². The predicted octanol–water partition coefficient (Wildman–Crippen LogP) is 6.29. The van der Waals surface area contributed by atoms with Crippen LogP contribution in [-0.2, 0) is 9.47 Å². The van der Waals surface area contributed by atoms with Crippen LogP contribution in [0.3, 0.4) is 0 Å². The van der Waals surface area contributed by atoms with Crippen LogP contribution in [0, 0.1) is 18.3 Å². The number of carbonyl (C=O) groups is 2. The van der Waals surface area contributed by atoms with E-state index >= 15 is 0 Å². The molecule has 0 fully saturated rings. The van der Waals surface area contributed by atoms with Gasteiger partial charge in [0, 0.05) is 17.1 Å². The van der Waals surface area contributed by atoms with Crippen LogP contribution < -0.4 is 5.32 Å². The number of thiazole rings is 1. The van der Waals surface area contributed by atoms with Crippen LogP contribution >= 0.6 is 22.7 Å². The maximum atomic E-state index is 12.7. The number of allylic oxidation sites excluding steroid dienone is 1. The zero-order valence-electron chi connectivity index (χ0n) is 19.6. The second kappa shape index (κ2) is 10.6. The molecule has 3 rings (SSSR count). The van der Waals surface area contributed by atoms with E-state index in [1.165, 1.54) is 17.5 Å². The Balaban J connectivity index is 1.94. The topological polar surface area (TPSA) is 101 Å². The molecule has 9 heteroatoms. The van der Waals surface area contributed by atoms with E-state index in [4.69, 9.17) is 9.47 Å². The molecule has 1 N–H and O–H groups in total. The Labute approximate surface area is 206 Å². The summed E-state index contributed by atoms with van der Waals surface area (Å²) in [6, 6.07) is 11.8. The van der Waals surface area contributed by atoms with Gasteiger partial charge in [-0.05, 0) is 40.2 Å². The van der Waals surface area contributed by atoms with Crippen LogP contribution in [0.25, 0.3) is 16.8 Å². The van der Waals surface area contributed by atoms with Gasteiger partial charge in [-0.2, -0.15) is 5.26 Å². The molecule has 0 bridgehead atoms. The first-order chi connectivity index (χ1) is 16.1. The summed E-state index contributed by atoms with van der Waals surface area (Å²) in [6.07, 6.45) is 1.49. The molecule has 2 aromatic heterocycles. The lowest BCUT2D eigenvalue weighted by Gasteiger charge is -2.19. The third kappa shape index (κ3) is 5.90. The number of anilines is 1. The molecule has 0 aliphatic heterocycles. The fraction of sp³-hybridized carbons (Fsp3) is 0.280. The van der Waals surface area contributed by atoms with Crippen LogP contribution in [0.5, 0.6) is 0 Å². The monoisotopic (exact) mass is 495 g/mol. The minimum atomic E-state index is -0.680. The molecule has 0 radical (unpaired) electrons. The predicted molar refractivity (Wildman–Crippen MR) is 135 cm³/mol. The summed E-state index contributed by atoms with van der Waals surface area (Å²) in [6.45, 7) is 8.91. The van der Waals surface area contributed by atoms with Crippen LogP contribution in [-0.4, -0.2) is 29.1 Å². The van der Waals surface area contributed by atoms with Gasteiger partial charge in [-0.1, -0.05) is 30.3 Å². The SMILES string of the molecule is CCOC(=O)c1c(N/C=C(\C#N)c2nc(-c3ccccc3)cs2)sc(C(=O)OC(C)(C)C)c1C. The van der Waals surface area contributed by atoms with Gasteiger partial charge in [0.2, 0.25) is 0 Å². The third-order valence-electron chi connectivity index (χ3n) is 4.48. The number of nitrogens with one attached hydrogen (secondary N) is 1. The summed E-state index contributed by atoms with van der Waals surface area (Å²) < 4.78 is 10.7. The number of esters is 2. The average Bonchev–Trinajstić information content (AvgIpc) is 3.39. The number of aromatic nitrogens is 1. The Morgan fingerprint density at radius 1 is 1.21 bits per heavy atom. The van der Waals surface area contributed by atoms with Gasteiger partial charge in [-0.3, -0.25) is 0 Å². The quantitative estimate of drug-likeness (QED) is 0.304. The van der Waals surface area contributed by atoms with Crippen molar-refractivity contribution in [2.75, 3.05) is 11.9 Å². The summed E-state index contributed by atoms with van der Waals surface area (Å²) in [5.41, 5.74) is 2.05. The zero-order chi connectivity index (χ0) is 24.9. The Bertz CT molecular complexity index is 1260. The van der Waals surface area contributed by atoms with E-state index in [0.29, 0.717) is 26.0 Å². The number of rotatable bonds is 7. The number of hydrogen-bond acceptors (Lipinski definition) is 9. The van der Waals surface area contributed by atoms with E-state index in [1.807, 2.05) is 35.7 Å². The van der Waals surface area contributed by atoms with Crippen molar-refractivity contribution in [3.63, 3.8) is 0 Å². The Morgan fingerprint density at radius 2 is 1.91 bits per heavy atom. The second-order valence-corrected chi connectivity index (χ2v) is 10.1. The van der Waals surface area contributed by atoms with Crippen molar-refractivity contribution >= 4 is 45.2 Å². The first-order valence-electron chi connectivity index (χ1n) is 10.6. The molecule has 2 heterocycles. The molecule has 0 aliphatic rings. The molecule has 0 saturated carbocycles. The van der Waals surface area contributed by atoms with Crippen molar-refractivity contribution in [2.45, 2.75) is 40.2 Å². The first-order valence-corrected chi connectivity index (χ1v) is 12.3. The molecule has 34 heavy (non-hydrogen) atoms. The highest BCUT2D eigenvalue weighted by atomic mass is 32.1. The molecule has 0 amide bonds. The van der Waals surface area contributed by atoms with Crippen molar-refractivity contribution in [3.8, 4) is 17.3 Å². The summed E-state index contributed by atoms with van der Waals surface area (Å²) in [5, 5.41) is 15.6. The van der Waals surface area contributed by atoms with Crippen LogP contribution in [0.1, 0.15) is 58.3 Å². The number of ether oxygens (including phenoxy) is 2. The Morgan fingerprint density at radius 3 is 2.53 bits per heavy atom. The van der Waals surface area contributed by atoms with E-state index < -0.39 is 17.5 Å². The van der Waals surface area contributed by atoms with Gasteiger partial charge in [0.1, 0.15) is 32.1 Å². The van der Waals surface area contributed by atoms with E-state index in [1.54, 1.807) is 34.6 Å². The molecule has 0 atom stereocenters. The summed E-state index contributed by atoms with van der Waals surface area (Å²) in [5.74, 6) is -1.08. The molecule has 7 nitrogen and oxygen atoms in total. The molecule has 3 aromatic rings. The minimum Gasteiger partial charge on any atom is -0.462 e. The first kappa shape index (κ1) is 25.1. The zero-order valence-corrected chi connectivity index (χ0v) is 21.2. The van der Waals surface area contributed by atoms with Crippen LogP contribution in [0.15, 0.2) is 41.9 Å². The number of benzene rings is 1. The van der Waals surface area contributed by atoms with E-state index in [0.717, 1.165) is 22.6 Å². The molecule has 176 valence electrons. The highest BCUT2D eigenvalue weighted by Gasteiger charge is 2.28. The van der Waals surface area contributed by atoms with Gasteiger partial charge in [0.05, 0.1) is 17.9 Å². The van der Waals surface area contributed by atoms with Crippen molar-refractivity contribution < 1.29 is 19.1 Å². The second-order valence-electron chi connectivity index (χ2n) is 8.20. The van der Waals surface area contributed by atoms with Gasteiger partial charge in [0.25, 0.3) is 0 Å². The lowest BCUT2D eigenvalue weighted by atomic mass is 10.1. The standard InChI is InChI=1S/C25H25N3O4S2/c1-6-31-23(29)19-15(2)20(24(30)32-25(3,4)5)34-22(19)27-13-17(12-26)21-28-18(14-33-21)16-10-8-7-9-11-16/h7-11,13-14,27H,6H2,1-5H3/b17-13+. The summed E-state index contributed by atoms with van der Waals surface area (Å²) in [4.78, 5) is 30.2. The van der Waals surface area contributed by atoms with Gasteiger partial charge < -0.3 is 14.8 Å². The maximum Gasteiger partial charge on any atom is 0.349 e. The van der Waals surface area contributed by atoms with Crippen molar-refractivity contribution in [1.82, 2.24) is 4.98 Å². The fourth-order valence-corrected chi connectivity index (χ4v) is 4.84. The lowest BCUT2D eigenvalue weighted by molar-refractivity contribution is 0.00745. The van der Waals surface area contributed by atoms with Gasteiger partial charge in [0.15, 0.2) is 0 Å². The smallest absolute Gasteiger partial charge is 0.349 e. The number of carbonyl (C=O) groups excluding carboxylic acids is 2. The normalized spacial score (nSPS) is 11.6. The van der Waals surface area contributed by atoms with Gasteiger partial charge in [-0.15, -0.1) is 22.7 Å². The minimum absolute atomic E-state index is 0.190. The van der Waals surface area contributed by atoms with Gasteiger partial charge in [-0.25, -0.2) is 14.6 Å². The van der Waals surface area contributed by atoms with Crippen LogP contribution in [0.2, 0.25) is 0 Å². The molecule has 0 aliphatic carbocycles. The number of thiophene rings is 1. The molecule has 1 aromatic carbocycles. The van der Waals surface area contributed by atoms with Gasteiger partial charge >= 0.3 is 11.9 Å². The fourth-order valence-electron chi connectivity index (χ4n) is 3.00. The van der Waals surface area contributed by atoms with Crippen molar-refractivity contribution in [2.24, 2.45) is 0 Å².